The van der Waals surface area contributed by atoms with Crippen LogP contribution in [0.15, 0.2) is 42.7 Å². The second-order valence-electron chi connectivity index (χ2n) is 5.88. The molecule has 0 fully saturated rings. The Bertz CT molecular complexity index is 932. The van der Waals surface area contributed by atoms with Gasteiger partial charge in [-0.15, -0.1) is 0 Å². The Hall–Kier alpha value is -2.28. The van der Waals surface area contributed by atoms with Gasteiger partial charge in [0.05, 0.1) is 5.52 Å². The average molecular weight is 322 g/mol. The molecule has 0 radical (unpaired) electrons. The summed E-state index contributed by atoms with van der Waals surface area (Å²) < 4.78 is 2.12. The van der Waals surface area contributed by atoms with Crippen LogP contribution >= 0.6 is 11.6 Å². The Balaban J connectivity index is 1.92. The van der Waals surface area contributed by atoms with E-state index >= 15 is 0 Å². The van der Waals surface area contributed by atoms with Gasteiger partial charge in [0.15, 0.2) is 0 Å². The molecule has 23 heavy (non-hydrogen) atoms. The zero-order chi connectivity index (χ0) is 15.8. The van der Waals surface area contributed by atoms with Crippen molar-refractivity contribution in [1.29, 1.82) is 0 Å². The molecule has 4 rings (SSSR count). The number of halogens is 1. The summed E-state index contributed by atoms with van der Waals surface area (Å²) in [5.41, 5.74) is 4.76. The Labute approximate surface area is 140 Å². The predicted molar refractivity (Wildman–Crippen MR) is 93.5 cm³/mol. The summed E-state index contributed by atoms with van der Waals surface area (Å²) in [5.74, 6) is 3.24. The second-order valence-corrected chi connectivity index (χ2v) is 6.32. The number of nitrogens with zero attached hydrogens (tertiary/aromatic N) is 3. The van der Waals surface area contributed by atoms with Crippen LogP contribution < -0.4 is 0 Å². The van der Waals surface area contributed by atoms with Gasteiger partial charge in [0, 0.05) is 53.2 Å². The van der Waals surface area contributed by atoms with Crippen molar-refractivity contribution >= 4 is 22.5 Å². The van der Waals surface area contributed by atoms with Crippen LogP contribution in [0.25, 0.3) is 10.9 Å². The lowest BCUT2D eigenvalue weighted by Gasteiger charge is -2.23. The first-order valence-corrected chi connectivity index (χ1v) is 8.02. The van der Waals surface area contributed by atoms with Gasteiger partial charge >= 0.3 is 0 Å². The lowest BCUT2D eigenvalue weighted by molar-refractivity contribution is 0.308. The number of pyridine rings is 1. The van der Waals surface area contributed by atoms with Crippen molar-refractivity contribution in [3.63, 3.8) is 0 Å². The number of hydrogen-bond acceptors (Lipinski definition) is 2. The van der Waals surface area contributed by atoms with Crippen LogP contribution in [0.1, 0.15) is 16.8 Å². The molecule has 3 nitrogen and oxygen atoms in total. The normalized spacial score (nSPS) is 14.3. The highest BCUT2D eigenvalue weighted by Gasteiger charge is 2.21. The van der Waals surface area contributed by atoms with Crippen LogP contribution in [-0.2, 0) is 13.0 Å². The summed E-state index contributed by atoms with van der Waals surface area (Å²) in [5, 5.41) is 2.00. The molecule has 4 heteroatoms. The minimum atomic E-state index is 0.776. The molecule has 3 aromatic rings. The Morgan fingerprint density at radius 3 is 2.83 bits per heavy atom. The number of benzene rings is 1. The summed E-state index contributed by atoms with van der Waals surface area (Å²) in [4.78, 5) is 6.36. The van der Waals surface area contributed by atoms with Crippen molar-refractivity contribution in [2.75, 3.05) is 13.6 Å². The van der Waals surface area contributed by atoms with Crippen molar-refractivity contribution in [2.24, 2.45) is 0 Å². The first-order chi connectivity index (χ1) is 11.2. The summed E-state index contributed by atoms with van der Waals surface area (Å²) in [7, 11) is 2.15. The molecule has 0 amide bonds. The first-order valence-electron chi connectivity index (χ1n) is 7.65. The van der Waals surface area contributed by atoms with Crippen molar-refractivity contribution in [3.05, 3.63) is 64.6 Å². The molecule has 0 saturated carbocycles. The number of rotatable bonds is 0. The van der Waals surface area contributed by atoms with E-state index < -0.39 is 0 Å². The highest BCUT2D eigenvalue weighted by molar-refractivity contribution is 6.31. The van der Waals surface area contributed by atoms with Crippen molar-refractivity contribution in [2.45, 2.75) is 13.0 Å². The minimum Gasteiger partial charge on any atom is -0.300 e. The smallest absolute Gasteiger partial charge is 0.0619 e. The molecule has 1 aliphatic rings. The summed E-state index contributed by atoms with van der Waals surface area (Å²) >= 11 is 6.21. The maximum Gasteiger partial charge on any atom is 0.0619 e. The van der Waals surface area contributed by atoms with E-state index in [1.807, 2.05) is 18.2 Å². The molecule has 3 heterocycles. The first kappa shape index (κ1) is 14.3. The topological polar surface area (TPSA) is 21.1 Å². The highest BCUT2D eigenvalue weighted by Crippen LogP contribution is 2.31. The van der Waals surface area contributed by atoms with Gasteiger partial charge in [0.1, 0.15) is 0 Å². The average Bonchev–Trinajstić information content (AvgIpc) is 2.86. The fraction of sp³-hybridized carbons (Fsp3) is 0.211. The maximum absolute atomic E-state index is 6.21. The molecule has 114 valence electrons. The third-order valence-electron chi connectivity index (χ3n) is 4.30. The Kier molecular flexibility index (Phi) is 3.57. The molecule has 0 spiro atoms. The SMILES string of the molecule is CN1CCc2c(n(C#Cc3ccncc3)c3ccc(Cl)cc23)C1. The Morgan fingerprint density at radius 2 is 2.00 bits per heavy atom. The maximum atomic E-state index is 6.21. The van der Waals surface area contributed by atoms with E-state index in [1.54, 1.807) is 12.4 Å². The zero-order valence-electron chi connectivity index (χ0n) is 12.9. The molecule has 0 aliphatic carbocycles. The standard InChI is InChI=1S/C19H16ClN3/c1-22-10-7-16-17-12-15(20)2-3-18(17)23(19(16)13-22)11-6-14-4-8-21-9-5-14/h2-5,8-9,12H,7,10,13H2,1H3. The van der Waals surface area contributed by atoms with E-state index in [-0.39, 0.29) is 0 Å². The fourth-order valence-electron chi connectivity index (χ4n) is 3.15. The van der Waals surface area contributed by atoms with Crippen LogP contribution in [0.2, 0.25) is 5.02 Å². The van der Waals surface area contributed by atoms with Crippen molar-refractivity contribution < 1.29 is 0 Å². The number of aromatic nitrogens is 2. The van der Waals surface area contributed by atoms with Gasteiger partial charge in [-0.05, 0) is 55.3 Å². The molecule has 2 aromatic heterocycles. The summed E-state index contributed by atoms with van der Waals surface area (Å²) in [6.45, 7) is 1.98. The highest BCUT2D eigenvalue weighted by atomic mass is 35.5. The molecule has 0 saturated heterocycles. The lowest BCUT2D eigenvalue weighted by Crippen LogP contribution is -2.27. The Morgan fingerprint density at radius 1 is 1.17 bits per heavy atom. The summed E-state index contributed by atoms with van der Waals surface area (Å²) in [6, 6.07) is 13.2. The van der Waals surface area contributed by atoms with Gasteiger partial charge in [0.2, 0.25) is 0 Å². The monoisotopic (exact) mass is 321 g/mol. The van der Waals surface area contributed by atoms with E-state index in [0.29, 0.717) is 0 Å². The van der Waals surface area contributed by atoms with Crippen molar-refractivity contribution in [1.82, 2.24) is 14.5 Å². The minimum absolute atomic E-state index is 0.776. The lowest BCUT2D eigenvalue weighted by atomic mass is 10.0. The van der Waals surface area contributed by atoms with E-state index in [4.69, 9.17) is 11.6 Å². The van der Waals surface area contributed by atoms with Crippen LogP contribution in [0.4, 0.5) is 0 Å². The molecule has 0 N–H and O–H groups in total. The van der Waals surface area contributed by atoms with Gasteiger partial charge in [-0.2, -0.15) is 0 Å². The number of fused-ring (bicyclic) bond motifs is 3. The van der Waals surface area contributed by atoms with E-state index in [2.05, 4.69) is 45.6 Å². The van der Waals surface area contributed by atoms with E-state index in [9.17, 15) is 0 Å². The fourth-order valence-corrected chi connectivity index (χ4v) is 3.32. The number of likely N-dealkylation sites (N-methyl/N-ethyl adjacent to an activating group) is 1. The van der Waals surface area contributed by atoms with Crippen LogP contribution in [-0.4, -0.2) is 28.0 Å². The van der Waals surface area contributed by atoms with E-state index in [1.165, 1.54) is 16.6 Å². The molecule has 1 aromatic carbocycles. The third-order valence-corrected chi connectivity index (χ3v) is 4.53. The predicted octanol–water partition coefficient (Wildman–Crippen LogP) is 3.53. The number of hydrogen-bond donors (Lipinski definition) is 0. The van der Waals surface area contributed by atoms with Gasteiger partial charge in [-0.1, -0.05) is 11.6 Å². The molecule has 0 bridgehead atoms. The van der Waals surface area contributed by atoms with Gasteiger partial charge in [-0.3, -0.25) is 9.55 Å². The van der Waals surface area contributed by atoms with Gasteiger partial charge in [0.25, 0.3) is 0 Å². The van der Waals surface area contributed by atoms with Crippen LogP contribution in [0, 0.1) is 12.0 Å². The zero-order valence-corrected chi connectivity index (χ0v) is 13.6. The largest absolute Gasteiger partial charge is 0.300 e. The van der Waals surface area contributed by atoms with Crippen LogP contribution in [0.5, 0.6) is 0 Å². The molecule has 0 unspecified atom stereocenters. The van der Waals surface area contributed by atoms with Crippen molar-refractivity contribution in [3.8, 4) is 12.0 Å². The summed E-state index contributed by atoms with van der Waals surface area (Å²) in [6.07, 6.45) is 4.56. The van der Waals surface area contributed by atoms with Gasteiger partial charge in [-0.25, -0.2) is 0 Å². The molecular weight excluding hydrogens is 306 g/mol. The molecular formula is C19H16ClN3. The molecule has 0 atom stereocenters. The quantitative estimate of drug-likeness (QED) is 0.591. The molecule has 1 aliphatic heterocycles. The van der Waals surface area contributed by atoms with Crippen LogP contribution in [0.3, 0.4) is 0 Å². The second kappa shape index (κ2) is 5.73. The third kappa shape index (κ3) is 2.61. The van der Waals surface area contributed by atoms with Gasteiger partial charge < -0.3 is 4.90 Å². The van der Waals surface area contributed by atoms with E-state index in [0.717, 1.165) is 35.6 Å².